The molecule has 4 nitrogen and oxygen atoms in total. The third kappa shape index (κ3) is 3.40. The van der Waals surface area contributed by atoms with Gasteiger partial charge in [0.25, 0.3) is 0 Å². The lowest BCUT2D eigenvalue weighted by Gasteiger charge is -2.14. The Morgan fingerprint density at radius 1 is 1.25 bits per heavy atom. The lowest BCUT2D eigenvalue weighted by Crippen LogP contribution is -2.12. The summed E-state index contributed by atoms with van der Waals surface area (Å²) in [4.78, 5) is 0. The van der Waals surface area contributed by atoms with E-state index in [0.29, 0.717) is 18.1 Å². The van der Waals surface area contributed by atoms with Crippen LogP contribution in [0.4, 0.5) is 0 Å². The van der Waals surface area contributed by atoms with Gasteiger partial charge in [0, 0.05) is 12.5 Å². The summed E-state index contributed by atoms with van der Waals surface area (Å²) in [5.41, 5.74) is 0.771. The summed E-state index contributed by atoms with van der Waals surface area (Å²) in [5.74, 6) is 1.29. The molecule has 1 atom stereocenters. The summed E-state index contributed by atoms with van der Waals surface area (Å²) in [5, 5.41) is 17.9. The Bertz CT molecular complexity index is 325. The van der Waals surface area contributed by atoms with E-state index in [9.17, 15) is 0 Å². The molecule has 4 heteroatoms. The third-order valence-corrected chi connectivity index (χ3v) is 2.25. The molecule has 0 saturated heterocycles. The Morgan fingerprint density at radius 3 is 2.56 bits per heavy atom. The van der Waals surface area contributed by atoms with E-state index in [4.69, 9.17) is 19.7 Å². The molecule has 0 spiro atoms. The molecule has 1 unspecified atom stereocenters. The highest BCUT2D eigenvalue weighted by atomic mass is 16.5. The molecule has 0 bridgehead atoms. The first-order valence-electron chi connectivity index (χ1n) is 5.22. The van der Waals surface area contributed by atoms with Crippen LogP contribution in [0.25, 0.3) is 0 Å². The van der Waals surface area contributed by atoms with Crippen LogP contribution in [0.3, 0.4) is 0 Å². The number of rotatable bonds is 6. The summed E-state index contributed by atoms with van der Waals surface area (Å²) in [6.45, 7) is 2.36. The monoisotopic (exact) mass is 226 g/mol. The van der Waals surface area contributed by atoms with Gasteiger partial charge in [-0.05, 0) is 17.7 Å². The van der Waals surface area contributed by atoms with Crippen molar-refractivity contribution in [3.8, 4) is 11.5 Å². The van der Waals surface area contributed by atoms with Crippen LogP contribution < -0.4 is 9.47 Å². The van der Waals surface area contributed by atoms with Gasteiger partial charge in [0.15, 0.2) is 11.5 Å². The zero-order chi connectivity index (χ0) is 12.0. The lowest BCUT2D eigenvalue weighted by molar-refractivity contribution is 0.171. The highest BCUT2D eigenvalue weighted by Crippen LogP contribution is 2.28. The molecule has 0 amide bonds. The zero-order valence-corrected chi connectivity index (χ0v) is 9.64. The van der Waals surface area contributed by atoms with Gasteiger partial charge in [0.2, 0.25) is 0 Å². The van der Waals surface area contributed by atoms with E-state index >= 15 is 0 Å². The second-order valence-electron chi connectivity index (χ2n) is 3.74. The van der Waals surface area contributed by atoms with Gasteiger partial charge in [-0.25, -0.2) is 0 Å². The lowest BCUT2D eigenvalue weighted by atomic mass is 10.2. The quantitative estimate of drug-likeness (QED) is 0.765. The molecule has 0 fully saturated rings. The largest absolute Gasteiger partial charge is 0.493 e. The Balaban J connectivity index is 2.75. The van der Waals surface area contributed by atoms with Crippen molar-refractivity contribution in [3.63, 3.8) is 0 Å². The van der Waals surface area contributed by atoms with Crippen LogP contribution in [-0.4, -0.2) is 30.5 Å². The minimum Gasteiger partial charge on any atom is -0.493 e. The Labute approximate surface area is 95.4 Å². The molecule has 0 aliphatic rings. The third-order valence-electron chi connectivity index (χ3n) is 2.25. The van der Waals surface area contributed by atoms with Gasteiger partial charge in [-0.15, -0.1) is 0 Å². The summed E-state index contributed by atoms with van der Waals surface area (Å²) < 4.78 is 10.7. The molecule has 0 aromatic heterocycles. The summed E-state index contributed by atoms with van der Waals surface area (Å²) in [7, 11) is 1.57. The zero-order valence-electron chi connectivity index (χ0n) is 9.64. The SMILES string of the molecule is COc1ccc(CO)cc1OCC(C)CO. The average molecular weight is 226 g/mol. The summed E-state index contributed by atoms with van der Waals surface area (Å²) >= 11 is 0. The second kappa shape index (κ2) is 6.35. The number of benzene rings is 1. The summed E-state index contributed by atoms with van der Waals surface area (Å²) in [6, 6.07) is 5.27. The molecule has 1 rings (SSSR count). The van der Waals surface area contributed by atoms with Crippen LogP contribution in [0.15, 0.2) is 18.2 Å². The van der Waals surface area contributed by atoms with Gasteiger partial charge < -0.3 is 19.7 Å². The fraction of sp³-hybridized carbons (Fsp3) is 0.500. The molecule has 1 aromatic carbocycles. The maximum atomic E-state index is 9.01. The molecule has 0 heterocycles. The number of aliphatic hydroxyl groups is 2. The smallest absolute Gasteiger partial charge is 0.161 e. The molecule has 2 N–H and O–H groups in total. The van der Waals surface area contributed by atoms with E-state index in [-0.39, 0.29) is 19.1 Å². The fourth-order valence-electron chi connectivity index (χ4n) is 1.22. The standard InChI is InChI=1S/C12H18O4/c1-9(6-13)8-16-12-5-10(7-14)3-4-11(12)15-2/h3-5,9,13-14H,6-8H2,1-2H3. The van der Waals surface area contributed by atoms with Gasteiger partial charge in [0.05, 0.1) is 20.3 Å². The average Bonchev–Trinajstić information content (AvgIpc) is 2.35. The number of aliphatic hydroxyl groups excluding tert-OH is 2. The second-order valence-corrected chi connectivity index (χ2v) is 3.74. The van der Waals surface area contributed by atoms with E-state index < -0.39 is 0 Å². The van der Waals surface area contributed by atoms with Gasteiger partial charge >= 0.3 is 0 Å². The molecule has 0 aliphatic heterocycles. The molecule has 90 valence electrons. The molecule has 0 aliphatic carbocycles. The normalized spacial score (nSPS) is 12.2. The van der Waals surface area contributed by atoms with E-state index in [1.54, 1.807) is 25.3 Å². The maximum Gasteiger partial charge on any atom is 0.161 e. The minimum atomic E-state index is -0.0318. The van der Waals surface area contributed by atoms with Crippen molar-refractivity contribution in [2.24, 2.45) is 5.92 Å². The van der Waals surface area contributed by atoms with Crippen LogP contribution in [-0.2, 0) is 6.61 Å². The topological polar surface area (TPSA) is 58.9 Å². The van der Waals surface area contributed by atoms with E-state index in [0.717, 1.165) is 5.56 Å². The van der Waals surface area contributed by atoms with Crippen molar-refractivity contribution in [3.05, 3.63) is 23.8 Å². The van der Waals surface area contributed by atoms with Crippen molar-refractivity contribution in [2.45, 2.75) is 13.5 Å². The van der Waals surface area contributed by atoms with Crippen LogP contribution in [0.2, 0.25) is 0 Å². The minimum absolute atomic E-state index is 0.0318. The van der Waals surface area contributed by atoms with Crippen LogP contribution in [0, 0.1) is 5.92 Å². The first-order valence-corrected chi connectivity index (χ1v) is 5.22. The molecule has 0 saturated carbocycles. The number of methoxy groups -OCH3 is 1. The fourth-order valence-corrected chi connectivity index (χ4v) is 1.22. The Morgan fingerprint density at radius 2 is 2.00 bits per heavy atom. The molecular formula is C12H18O4. The van der Waals surface area contributed by atoms with Gasteiger partial charge in [-0.3, -0.25) is 0 Å². The summed E-state index contributed by atoms with van der Waals surface area (Å²) in [6.07, 6.45) is 0. The Hall–Kier alpha value is -1.26. The molecular weight excluding hydrogens is 208 g/mol. The first-order chi connectivity index (χ1) is 7.71. The van der Waals surface area contributed by atoms with Crippen molar-refractivity contribution < 1.29 is 19.7 Å². The highest BCUT2D eigenvalue weighted by Gasteiger charge is 2.07. The molecule has 1 aromatic rings. The molecule has 0 radical (unpaired) electrons. The van der Waals surface area contributed by atoms with Crippen molar-refractivity contribution in [2.75, 3.05) is 20.3 Å². The van der Waals surface area contributed by atoms with Crippen molar-refractivity contribution >= 4 is 0 Å². The highest BCUT2D eigenvalue weighted by molar-refractivity contribution is 5.42. The predicted molar refractivity (Wildman–Crippen MR) is 60.7 cm³/mol. The van der Waals surface area contributed by atoms with Crippen LogP contribution in [0.1, 0.15) is 12.5 Å². The van der Waals surface area contributed by atoms with Crippen LogP contribution in [0.5, 0.6) is 11.5 Å². The Kier molecular flexibility index (Phi) is 5.08. The number of hydrogen-bond donors (Lipinski definition) is 2. The van der Waals surface area contributed by atoms with Gasteiger partial charge in [0.1, 0.15) is 0 Å². The van der Waals surface area contributed by atoms with Crippen LogP contribution >= 0.6 is 0 Å². The van der Waals surface area contributed by atoms with Gasteiger partial charge in [-0.1, -0.05) is 13.0 Å². The van der Waals surface area contributed by atoms with Crippen molar-refractivity contribution in [1.29, 1.82) is 0 Å². The van der Waals surface area contributed by atoms with Crippen molar-refractivity contribution in [1.82, 2.24) is 0 Å². The van der Waals surface area contributed by atoms with E-state index in [1.165, 1.54) is 0 Å². The van der Waals surface area contributed by atoms with E-state index in [2.05, 4.69) is 0 Å². The first kappa shape index (κ1) is 12.8. The molecule has 16 heavy (non-hydrogen) atoms. The number of hydrogen-bond acceptors (Lipinski definition) is 4. The van der Waals surface area contributed by atoms with E-state index in [1.807, 2.05) is 6.92 Å². The van der Waals surface area contributed by atoms with Gasteiger partial charge in [-0.2, -0.15) is 0 Å². The number of ether oxygens (including phenoxy) is 2. The predicted octanol–water partition coefficient (Wildman–Crippen LogP) is 1.19. The maximum absolute atomic E-state index is 9.01.